The predicted octanol–water partition coefficient (Wildman–Crippen LogP) is 2.31. The minimum atomic E-state index is -0.602. The van der Waals surface area contributed by atoms with E-state index in [9.17, 15) is 8.78 Å². The molecule has 1 aromatic heterocycles. The van der Waals surface area contributed by atoms with Gasteiger partial charge in [0.25, 0.3) is 0 Å². The Morgan fingerprint density at radius 1 is 1.39 bits per heavy atom. The number of hydrogen-bond acceptors (Lipinski definition) is 3. The van der Waals surface area contributed by atoms with Crippen LogP contribution in [-0.4, -0.2) is 29.6 Å². The summed E-state index contributed by atoms with van der Waals surface area (Å²) < 4.78 is 28.4. The van der Waals surface area contributed by atoms with Crippen LogP contribution in [0.15, 0.2) is 29.4 Å². The lowest BCUT2D eigenvalue weighted by Crippen LogP contribution is -2.23. The number of halogens is 3. The van der Waals surface area contributed by atoms with Gasteiger partial charge in [-0.05, 0) is 12.1 Å². The molecule has 0 atom stereocenters. The Bertz CT molecular complexity index is 699. The Hall–Kier alpha value is -1.91. The van der Waals surface area contributed by atoms with E-state index in [1.165, 1.54) is 0 Å². The van der Waals surface area contributed by atoms with Crippen LogP contribution in [0, 0.1) is 11.6 Å². The summed E-state index contributed by atoms with van der Waals surface area (Å²) in [6.45, 7) is 0.271. The summed E-state index contributed by atoms with van der Waals surface area (Å²) in [5, 5.41) is 2.54. The smallest absolute Gasteiger partial charge is 0.204 e. The first-order valence-electron chi connectivity index (χ1n) is 6.58. The Labute approximate surface area is 150 Å². The molecule has 0 radical (unpaired) electrons. The Balaban J connectivity index is 0.00000264. The maximum absolute atomic E-state index is 13.5. The second kappa shape index (κ2) is 8.09. The zero-order valence-corrected chi connectivity index (χ0v) is 15.4. The molecule has 1 heterocycles. The average Bonchev–Trinajstić information content (AvgIpc) is 2.82. The summed E-state index contributed by atoms with van der Waals surface area (Å²) in [6.07, 6.45) is 1.69. The molecule has 0 aliphatic rings. The third kappa shape index (κ3) is 4.78. The summed E-state index contributed by atoms with van der Waals surface area (Å²) >= 11 is 0. The third-order valence-electron chi connectivity index (χ3n) is 3.06. The van der Waals surface area contributed by atoms with Gasteiger partial charge in [-0.3, -0.25) is 0 Å². The van der Waals surface area contributed by atoms with Crippen molar-refractivity contribution in [2.24, 2.45) is 17.8 Å². The number of rotatable bonds is 4. The Kier molecular flexibility index (Phi) is 6.73. The number of hydrogen-bond donors (Lipinski definition) is 2. The van der Waals surface area contributed by atoms with Crippen molar-refractivity contribution >= 4 is 41.6 Å². The van der Waals surface area contributed by atoms with E-state index in [2.05, 4.69) is 15.3 Å². The van der Waals surface area contributed by atoms with Crippen LogP contribution in [0.3, 0.4) is 0 Å². The van der Waals surface area contributed by atoms with E-state index in [0.717, 1.165) is 29.8 Å². The topological polar surface area (TPSA) is 71.5 Å². The van der Waals surface area contributed by atoms with Crippen LogP contribution in [0.5, 0.6) is 0 Å². The highest BCUT2D eigenvalue weighted by atomic mass is 127. The van der Waals surface area contributed by atoms with E-state index in [1.807, 2.05) is 30.6 Å². The molecule has 0 amide bonds. The second-order valence-corrected chi connectivity index (χ2v) is 4.95. The lowest BCUT2D eigenvalue weighted by atomic mass is 10.3. The van der Waals surface area contributed by atoms with Crippen molar-refractivity contribution in [3.63, 3.8) is 0 Å². The van der Waals surface area contributed by atoms with Gasteiger partial charge in [0.2, 0.25) is 5.95 Å². The fraction of sp³-hybridized carbons (Fsp3) is 0.286. The summed E-state index contributed by atoms with van der Waals surface area (Å²) in [4.78, 5) is 10.2. The largest absolute Gasteiger partial charge is 0.370 e. The monoisotopic (exact) mass is 436 g/mol. The maximum atomic E-state index is 13.5. The molecule has 126 valence electrons. The van der Waals surface area contributed by atoms with Gasteiger partial charge in [-0.25, -0.2) is 18.8 Å². The molecule has 0 aliphatic carbocycles. The number of aliphatic imine (C=N–C) groups is 1. The van der Waals surface area contributed by atoms with Gasteiger partial charge in [-0.2, -0.15) is 0 Å². The summed E-state index contributed by atoms with van der Waals surface area (Å²) in [6, 6.07) is 3.08. The van der Waals surface area contributed by atoms with Crippen LogP contribution in [0.4, 0.5) is 20.4 Å². The highest BCUT2D eigenvalue weighted by Crippen LogP contribution is 2.15. The molecule has 0 bridgehead atoms. The van der Waals surface area contributed by atoms with Crippen LogP contribution in [0.25, 0.3) is 0 Å². The van der Waals surface area contributed by atoms with Crippen molar-refractivity contribution in [1.82, 2.24) is 9.55 Å². The number of benzene rings is 1. The van der Waals surface area contributed by atoms with E-state index in [-0.39, 0.29) is 42.2 Å². The molecule has 9 heteroatoms. The molecule has 0 saturated heterocycles. The lowest BCUT2D eigenvalue weighted by Gasteiger charge is -2.12. The fourth-order valence-electron chi connectivity index (χ4n) is 1.93. The molecule has 2 aromatic rings. The fourth-order valence-corrected chi connectivity index (χ4v) is 1.93. The van der Waals surface area contributed by atoms with Gasteiger partial charge in [-0.15, -0.1) is 24.0 Å². The molecule has 0 unspecified atom stereocenters. The minimum absolute atomic E-state index is 0. The number of nitrogens with one attached hydrogen (secondary N) is 1. The standard InChI is InChI=1S/C14H18F2N6.HI/c1-21(2)14-19-8-10(22(14)3)7-18-13(17)20-12-6-9(15)4-5-11(12)16;/h4-6,8H,7H2,1-3H3,(H3,17,18,20);1H. The van der Waals surface area contributed by atoms with Crippen molar-refractivity contribution in [3.05, 3.63) is 41.7 Å². The van der Waals surface area contributed by atoms with Crippen molar-refractivity contribution in [1.29, 1.82) is 0 Å². The third-order valence-corrected chi connectivity index (χ3v) is 3.06. The van der Waals surface area contributed by atoms with Gasteiger partial charge < -0.3 is 20.5 Å². The molecule has 2 rings (SSSR count). The molecule has 6 nitrogen and oxygen atoms in total. The van der Waals surface area contributed by atoms with E-state index in [1.54, 1.807) is 6.20 Å². The minimum Gasteiger partial charge on any atom is -0.370 e. The van der Waals surface area contributed by atoms with Crippen LogP contribution < -0.4 is 16.0 Å². The number of imidazole rings is 1. The lowest BCUT2D eigenvalue weighted by molar-refractivity contribution is 0.604. The zero-order chi connectivity index (χ0) is 16.3. The van der Waals surface area contributed by atoms with E-state index >= 15 is 0 Å². The predicted molar refractivity (Wildman–Crippen MR) is 98.3 cm³/mol. The normalized spacial score (nSPS) is 11.1. The number of nitrogens with two attached hydrogens (primary N) is 1. The Morgan fingerprint density at radius 3 is 2.70 bits per heavy atom. The molecule has 1 aromatic carbocycles. The van der Waals surface area contributed by atoms with Crippen molar-refractivity contribution < 1.29 is 8.78 Å². The number of aromatic nitrogens is 2. The van der Waals surface area contributed by atoms with Gasteiger partial charge >= 0.3 is 0 Å². The zero-order valence-electron chi connectivity index (χ0n) is 13.0. The first-order valence-corrected chi connectivity index (χ1v) is 6.58. The summed E-state index contributed by atoms with van der Waals surface area (Å²) in [7, 11) is 5.64. The van der Waals surface area contributed by atoms with Gasteiger partial charge in [0.15, 0.2) is 5.96 Å². The van der Waals surface area contributed by atoms with Crippen molar-refractivity contribution in [2.75, 3.05) is 24.3 Å². The molecular weight excluding hydrogens is 417 g/mol. The van der Waals surface area contributed by atoms with Gasteiger partial charge in [0, 0.05) is 27.2 Å². The molecular formula is C14H19F2IN6. The van der Waals surface area contributed by atoms with Crippen molar-refractivity contribution in [2.45, 2.75) is 6.54 Å². The van der Waals surface area contributed by atoms with Crippen LogP contribution in [0.1, 0.15) is 5.69 Å². The molecule has 3 N–H and O–H groups in total. The van der Waals surface area contributed by atoms with Gasteiger partial charge in [0.05, 0.1) is 24.1 Å². The Morgan fingerprint density at radius 2 is 2.09 bits per heavy atom. The van der Waals surface area contributed by atoms with Gasteiger partial charge in [0.1, 0.15) is 11.6 Å². The van der Waals surface area contributed by atoms with E-state index in [4.69, 9.17) is 5.73 Å². The molecule has 23 heavy (non-hydrogen) atoms. The highest BCUT2D eigenvalue weighted by Gasteiger charge is 2.08. The van der Waals surface area contributed by atoms with E-state index < -0.39 is 11.6 Å². The molecule has 0 saturated carbocycles. The van der Waals surface area contributed by atoms with Gasteiger partial charge in [-0.1, -0.05) is 0 Å². The van der Waals surface area contributed by atoms with Crippen molar-refractivity contribution in [3.8, 4) is 0 Å². The molecule has 0 aliphatic heterocycles. The number of guanidine groups is 1. The van der Waals surface area contributed by atoms with Crippen LogP contribution in [0.2, 0.25) is 0 Å². The SMILES string of the molecule is CN(C)c1ncc(CN=C(N)Nc2cc(F)ccc2F)n1C.I. The first kappa shape index (κ1) is 19.1. The van der Waals surface area contributed by atoms with Crippen LogP contribution >= 0.6 is 24.0 Å². The molecule has 0 fully saturated rings. The highest BCUT2D eigenvalue weighted by molar-refractivity contribution is 14.0. The van der Waals surface area contributed by atoms with Crippen LogP contribution in [-0.2, 0) is 13.6 Å². The number of anilines is 2. The molecule has 0 spiro atoms. The maximum Gasteiger partial charge on any atom is 0.204 e. The second-order valence-electron chi connectivity index (χ2n) is 4.95. The summed E-state index contributed by atoms with van der Waals surface area (Å²) in [5.41, 5.74) is 6.48. The average molecular weight is 436 g/mol. The summed E-state index contributed by atoms with van der Waals surface area (Å²) in [5.74, 6) is -0.376. The first-order chi connectivity index (χ1) is 10.4. The van der Waals surface area contributed by atoms with E-state index in [0.29, 0.717) is 0 Å². The quantitative estimate of drug-likeness (QED) is 0.439. The number of nitrogens with zero attached hydrogens (tertiary/aromatic N) is 4.